The number of amides is 1. The molecule has 6 heteroatoms. The average Bonchev–Trinajstić information content (AvgIpc) is 3.03. The number of thiazole rings is 1. The molecule has 1 amide bonds. The van der Waals surface area contributed by atoms with E-state index in [0.717, 1.165) is 16.1 Å². The van der Waals surface area contributed by atoms with E-state index < -0.39 is 0 Å². The van der Waals surface area contributed by atoms with Crippen molar-refractivity contribution in [2.75, 3.05) is 6.26 Å². The molecule has 0 unspecified atom stereocenters. The first-order chi connectivity index (χ1) is 11.7. The van der Waals surface area contributed by atoms with Gasteiger partial charge in [-0.25, -0.2) is 9.98 Å². The van der Waals surface area contributed by atoms with Crippen LogP contribution in [-0.2, 0) is 0 Å². The quantitative estimate of drug-likeness (QED) is 0.512. The van der Waals surface area contributed by atoms with Crippen LogP contribution in [0, 0.1) is 6.92 Å². The third-order valence-electron chi connectivity index (χ3n) is 3.35. The Labute approximate surface area is 148 Å². The minimum Gasteiger partial charge on any atom is -0.266 e. The number of aryl methyl sites for hydroxylation is 1. The molecule has 3 aromatic rings. The number of pyridine rings is 1. The number of thioether (sulfide) groups is 1. The SMILES string of the molecule is CSc1ccc(C=NC(=O)c2sc(-c3cccnc3)nc2C)cc1. The van der Waals surface area contributed by atoms with E-state index in [4.69, 9.17) is 0 Å². The Morgan fingerprint density at radius 1 is 1.25 bits per heavy atom. The summed E-state index contributed by atoms with van der Waals surface area (Å²) in [6.07, 6.45) is 7.07. The van der Waals surface area contributed by atoms with Crippen LogP contribution in [0.3, 0.4) is 0 Å². The number of benzene rings is 1. The van der Waals surface area contributed by atoms with Crippen LogP contribution in [0.2, 0.25) is 0 Å². The Morgan fingerprint density at radius 2 is 2.04 bits per heavy atom. The minimum atomic E-state index is -0.269. The molecule has 120 valence electrons. The number of hydrogen-bond acceptors (Lipinski definition) is 5. The molecule has 0 aliphatic heterocycles. The zero-order chi connectivity index (χ0) is 16.9. The van der Waals surface area contributed by atoms with Crippen LogP contribution in [0.15, 0.2) is 58.7 Å². The molecule has 2 aromatic heterocycles. The molecule has 3 rings (SSSR count). The van der Waals surface area contributed by atoms with Crippen molar-refractivity contribution in [3.63, 3.8) is 0 Å². The van der Waals surface area contributed by atoms with Crippen LogP contribution < -0.4 is 0 Å². The highest BCUT2D eigenvalue weighted by Crippen LogP contribution is 2.27. The van der Waals surface area contributed by atoms with Crippen LogP contribution >= 0.6 is 23.1 Å². The highest BCUT2D eigenvalue weighted by atomic mass is 32.2. The molecule has 0 atom stereocenters. The van der Waals surface area contributed by atoms with Gasteiger partial charge >= 0.3 is 0 Å². The molecule has 0 radical (unpaired) electrons. The third kappa shape index (κ3) is 3.77. The summed E-state index contributed by atoms with van der Waals surface area (Å²) < 4.78 is 0. The maximum Gasteiger partial charge on any atom is 0.288 e. The van der Waals surface area contributed by atoms with Crippen molar-refractivity contribution in [2.24, 2.45) is 4.99 Å². The second-order valence-electron chi connectivity index (χ2n) is 5.01. The van der Waals surface area contributed by atoms with E-state index in [1.807, 2.05) is 49.6 Å². The molecule has 0 spiro atoms. The Kier molecular flexibility index (Phi) is 5.17. The highest BCUT2D eigenvalue weighted by molar-refractivity contribution is 7.98. The van der Waals surface area contributed by atoms with E-state index in [1.54, 1.807) is 30.4 Å². The lowest BCUT2D eigenvalue weighted by Gasteiger charge is -1.96. The first kappa shape index (κ1) is 16.5. The summed E-state index contributed by atoms with van der Waals surface area (Å²) in [6.45, 7) is 1.83. The molecule has 0 aliphatic carbocycles. The fourth-order valence-corrected chi connectivity index (χ4v) is 3.45. The second-order valence-corrected chi connectivity index (χ2v) is 6.89. The second kappa shape index (κ2) is 7.51. The molecular formula is C18H15N3OS2. The number of carbonyl (C=O) groups is 1. The Hall–Kier alpha value is -2.31. The highest BCUT2D eigenvalue weighted by Gasteiger charge is 2.15. The molecule has 0 fully saturated rings. The van der Waals surface area contributed by atoms with Gasteiger partial charge in [-0.1, -0.05) is 12.1 Å². The van der Waals surface area contributed by atoms with Crippen molar-refractivity contribution in [1.29, 1.82) is 0 Å². The zero-order valence-corrected chi connectivity index (χ0v) is 14.9. The molecule has 1 aromatic carbocycles. The molecule has 24 heavy (non-hydrogen) atoms. The lowest BCUT2D eigenvalue weighted by Crippen LogP contribution is -1.95. The fraction of sp³-hybridized carbons (Fsp3) is 0.111. The molecule has 4 nitrogen and oxygen atoms in total. The average molecular weight is 353 g/mol. The van der Waals surface area contributed by atoms with E-state index in [2.05, 4.69) is 15.0 Å². The van der Waals surface area contributed by atoms with Crippen molar-refractivity contribution in [3.8, 4) is 10.6 Å². The molecule has 0 bridgehead atoms. The smallest absolute Gasteiger partial charge is 0.266 e. The first-order valence-electron chi connectivity index (χ1n) is 7.27. The van der Waals surface area contributed by atoms with Gasteiger partial charge in [0.2, 0.25) is 0 Å². The minimum absolute atomic E-state index is 0.269. The van der Waals surface area contributed by atoms with Gasteiger partial charge in [-0.05, 0) is 43.0 Å². The maximum absolute atomic E-state index is 12.4. The first-order valence-corrected chi connectivity index (χ1v) is 9.32. The summed E-state index contributed by atoms with van der Waals surface area (Å²) in [4.78, 5) is 26.7. The third-order valence-corrected chi connectivity index (χ3v) is 5.28. The summed E-state index contributed by atoms with van der Waals surface area (Å²) >= 11 is 3.02. The molecule has 2 heterocycles. The van der Waals surface area contributed by atoms with Gasteiger partial charge < -0.3 is 0 Å². The Morgan fingerprint density at radius 3 is 2.71 bits per heavy atom. The van der Waals surface area contributed by atoms with Crippen molar-refractivity contribution in [2.45, 2.75) is 11.8 Å². The van der Waals surface area contributed by atoms with Gasteiger partial charge in [0.05, 0.1) is 5.69 Å². The van der Waals surface area contributed by atoms with E-state index in [0.29, 0.717) is 10.6 Å². The normalized spacial score (nSPS) is 11.1. The van der Waals surface area contributed by atoms with E-state index in [1.165, 1.54) is 16.2 Å². The van der Waals surface area contributed by atoms with E-state index in [-0.39, 0.29) is 5.91 Å². The van der Waals surface area contributed by atoms with Gasteiger partial charge in [0, 0.05) is 29.1 Å². The molecule has 0 saturated carbocycles. The summed E-state index contributed by atoms with van der Waals surface area (Å²) in [6, 6.07) is 11.7. The van der Waals surface area contributed by atoms with Gasteiger partial charge in [0.25, 0.3) is 5.91 Å². The lowest BCUT2D eigenvalue weighted by atomic mass is 10.2. The van der Waals surface area contributed by atoms with Crippen LogP contribution in [0.1, 0.15) is 20.9 Å². The standard InChI is InChI=1S/C18H15N3OS2/c1-12-16(24-18(21-12)14-4-3-9-19-11-14)17(22)20-10-13-5-7-15(23-2)8-6-13/h3-11H,1-2H3. The molecule has 0 N–H and O–H groups in total. The maximum atomic E-state index is 12.4. The predicted octanol–water partition coefficient (Wildman–Crippen LogP) is 4.49. The van der Waals surface area contributed by atoms with Crippen LogP contribution in [-0.4, -0.2) is 28.3 Å². The number of aromatic nitrogens is 2. The number of hydrogen-bond donors (Lipinski definition) is 0. The van der Waals surface area contributed by atoms with Crippen molar-refractivity contribution >= 4 is 35.2 Å². The van der Waals surface area contributed by atoms with Gasteiger partial charge in [-0.3, -0.25) is 9.78 Å². The number of rotatable bonds is 4. The summed E-state index contributed by atoms with van der Waals surface area (Å²) in [5.41, 5.74) is 2.50. The Balaban J connectivity index is 1.79. The Bertz CT molecular complexity index is 871. The lowest BCUT2D eigenvalue weighted by molar-refractivity contribution is 0.101. The van der Waals surface area contributed by atoms with Gasteiger partial charge in [0.15, 0.2) is 0 Å². The summed E-state index contributed by atoms with van der Waals surface area (Å²) in [5.74, 6) is -0.269. The monoisotopic (exact) mass is 353 g/mol. The van der Waals surface area contributed by atoms with Crippen molar-refractivity contribution in [3.05, 3.63) is 64.9 Å². The summed E-state index contributed by atoms with van der Waals surface area (Å²) in [5, 5.41) is 0.781. The molecular weight excluding hydrogens is 338 g/mol. The van der Waals surface area contributed by atoms with Gasteiger partial charge in [0.1, 0.15) is 9.88 Å². The largest absolute Gasteiger partial charge is 0.288 e. The van der Waals surface area contributed by atoms with Crippen LogP contribution in [0.5, 0.6) is 0 Å². The summed E-state index contributed by atoms with van der Waals surface area (Å²) in [7, 11) is 0. The van der Waals surface area contributed by atoms with Crippen molar-refractivity contribution < 1.29 is 4.79 Å². The van der Waals surface area contributed by atoms with E-state index in [9.17, 15) is 4.79 Å². The van der Waals surface area contributed by atoms with Gasteiger partial charge in [-0.2, -0.15) is 0 Å². The van der Waals surface area contributed by atoms with Crippen LogP contribution in [0.25, 0.3) is 10.6 Å². The number of nitrogens with zero attached hydrogens (tertiary/aromatic N) is 3. The predicted molar refractivity (Wildman–Crippen MR) is 100 cm³/mol. The van der Waals surface area contributed by atoms with Gasteiger partial charge in [-0.15, -0.1) is 23.1 Å². The fourth-order valence-electron chi connectivity index (χ4n) is 2.09. The topological polar surface area (TPSA) is 55.2 Å². The van der Waals surface area contributed by atoms with Crippen molar-refractivity contribution in [1.82, 2.24) is 9.97 Å². The molecule has 0 saturated heterocycles. The number of aliphatic imine (C=N–C) groups is 1. The van der Waals surface area contributed by atoms with Crippen LogP contribution in [0.4, 0.5) is 0 Å². The number of carbonyl (C=O) groups excluding carboxylic acids is 1. The van der Waals surface area contributed by atoms with E-state index >= 15 is 0 Å². The molecule has 0 aliphatic rings. The zero-order valence-electron chi connectivity index (χ0n) is 13.3.